The molecule has 1 aliphatic carbocycles. The van der Waals surface area contributed by atoms with E-state index in [1.54, 1.807) is 0 Å². The summed E-state index contributed by atoms with van der Waals surface area (Å²) in [6, 6.07) is 51.3. The Morgan fingerprint density at radius 3 is 2.21 bits per heavy atom. The van der Waals surface area contributed by atoms with Crippen molar-refractivity contribution in [2.24, 2.45) is 0 Å². The van der Waals surface area contributed by atoms with Crippen LogP contribution in [0, 0.1) is 0 Å². The average Bonchev–Trinajstić information content (AvgIpc) is 3.84. The standard InChI is InChI=1S/C45H29NOS/c1-45(2)34-15-6-3-11-28(34)31-24-32-29-12-4-7-16-36(29)46(38(32)25-35(31)45)37-17-10-20-42-44(37)33-23-26(21-22-41(33)48-42)27-14-9-19-40-43(27)30-13-5-8-18-39(30)47-40/h3-25H,1-2H3. The fourth-order valence-corrected chi connectivity index (χ4v) is 9.71. The fourth-order valence-electron chi connectivity index (χ4n) is 8.60. The molecule has 1 aliphatic rings. The Balaban J connectivity index is 1.21. The van der Waals surface area contributed by atoms with Gasteiger partial charge in [0.25, 0.3) is 0 Å². The SMILES string of the molecule is CC1(C)c2ccccc2-c2cc3c4ccccc4n(-c4cccc5sc6ccc(-c7cccc8oc9ccccc9c78)cc6c45)c3cc21. The van der Waals surface area contributed by atoms with Crippen LogP contribution in [-0.4, -0.2) is 4.57 Å². The minimum atomic E-state index is -0.0737. The summed E-state index contributed by atoms with van der Waals surface area (Å²) >= 11 is 1.88. The molecule has 0 amide bonds. The zero-order chi connectivity index (χ0) is 31.7. The van der Waals surface area contributed by atoms with E-state index in [1.165, 1.54) is 86.4 Å². The maximum atomic E-state index is 6.27. The Kier molecular flexibility index (Phi) is 5.09. The number of hydrogen-bond donors (Lipinski definition) is 0. The van der Waals surface area contributed by atoms with Crippen LogP contribution in [0.3, 0.4) is 0 Å². The number of hydrogen-bond acceptors (Lipinski definition) is 2. The van der Waals surface area contributed by atoms with E-state index in [2.05, 4.69) is 152 Å². The summed E-state index contributed by atoms with van der Waals surface area (Å²) in [4.78, 5) is 0. The van der Waals surface area contributed by atoms with E-state index >= 15 is 0 Å². The molecule has 0 saturated carbocycles. The van der Waals surface area contributed by atoms with Gasteiger partial charge in [0, 0.05) is 47.1 Å². The topological polar surface area (TPSA) is 18.1 Å². The molecule has 0 aliphatic heterocycles. The molecule has 0 spiro atoms. The van der Waals surface area contributed by atoms with Gasteiger partial charge in [-0.3, -0.25) is 0 Å². The third kappa shape index (κ3) is 3.36. The number of nitrogens with zero attached hydrogens (tertiary/aromatic N) is 1. The molecule has 0 N–H and O–H groups in total. The Bertz CT molecular complexity index is 2990. The second-order valence-corrected chi connectivity index (χ2v) is 14.8. The lowest BCUT2D eigenvalue weighted by Crippen LogP contribution is -2.14. The van der Waals surface area contributed by atoms with Gasteiger partial charge in [-0.2, -0.15) is 0 Å². The van der Waals surface area contributed by atoms with Gasteiger partial charge in [-0.25, -0.2) is 0 Å². The fraction of sp³-hybridized carbons (Fsp3) is 0.0667. The van der Waals surface area contributed by atoms with E-state index in [1.807, 2.05) is 17.4 Å². The molecule has 7 aromatic carbocycles. The maximum Gasteiger partial charge on any atom is 0.136 e. The smallest absolute Gasteiger partial charge is 0.136 e. The van der Waals surface area contributed by atoms with E-state index in [-0.39, 0.29) is 5.41 Å². The molecule has 3 aromatic heterocycles. The van der Waals surface area contributed by atoms with Crippen molar-refractivity contribution in [2.45, 2.75) is 19.3 Å². The van der Waals surface area contributed by atoms with Crippen molar-refractivity contribution in [1.82, 2.24) is 4.57 Å². The first-order valence-corrected chi connectivity index (χ1v) is 17.4. The number of benzene rings is 7. The van der Waals surface area contributed by atoms with E-state index < -0.39 is 0 Å². The maximum absolute atomic E-state index is 6.27. The van der Waals surface area contributed by atoms with Crippen molar-refractivity contribution in [3.8, 4) is 27.9 Å². The summed E-state index contributed by atoms with van der Waals surface area (Å²) in [5.74, 6) is 0. The highest BCUT2D eigenvalue weighted by Gasteiger charge is 2.36. The Morgan fingerprint density at radius 1 is 0.500 bits per heavy atom. The molecular weight excluding hydrogens is 603 g/mol. The summed E-state index contributed by atoms with van der Waals surface area (Å²) in [6.07, 6.45) is 0. The molecule has 0 bridgehead atoms. The average molecular weight is 632 g/mol. The number of fused-ring (bicyclic) bond motifs is 12. The highest BCUT2D eigenvalue weighted by atomic mass is 32.1. The van der Waals surface area contributed by atoms with Gasteiger partial charge in [0.15, 0.2) is 0 Å². The number of furan rings is 1. The first kappa shape index (κ1) is 26.4. The monoisotopic (exact) mass is 631 g/mol. The van der Waals surface area contributed by atoms with Crippen LogP contribution in [-0.2, 0) is 5.41 Å². The van der Waals surface area contributed by atoms with E-state index in [9.17, 15) is 0 Å². The number of rotatable bonds is 2. The molecular formula is C45H29NOS. The van der Waals surface area contributed by atoms with Gasteiger partial charge in [0.05, 0.1) is 16.7 Å². The third-order valence-electron chi connectivity index (χ3n) is 10.8. The molecule has 0 fully saturated rings. The lowest BCUT2D eigenvalue weighted by Gasteiger charge is -2.21. The van der Waals surface area contributed by atoms with Gasteiger partial charge < -0.3 is 8.98 Å². The van der Waals surface area contributed by atoms with Crippen molar-refractivity contribution in [3.05, 3.63) is 151 Å². The van der Waals surface area contributed by atoms with Crippen LogP contribution < -0.4 is 0 Å². The largest absolute Gasteiger partial charge is 0.456 e. The van der Waals surface area contributed by atoms with Gasteiger partial charge in [-0.15, -0.1) is 11.3 Å². The predicted octanol–water partition coefficient (Wildman–Crippen LogP) is 13.0. The highest BCUT2D eigenvalue weighted by Crippen LogP contribution is 2.51. The quantitative estimate of drug-likeness (QED) is 0.186. The summed E-state index contributed by atoms with van der Waals surface area (Å²) in [5, 5.41) is 7.50. The lowest BCUT2D eigenvalue weighted by molar-refractivity contribution is 0.661. The van der Waals surface area contributed by atoms with Crippen molar-refractivity contribution >= 4 is 75.3 Å². The molecule has 0 radical (unpaired) electrons. The van der Waals surface area contributed by atoms with Gasteiger partial charge >= 0.3 is 0 Å². The Morgan fingerprint density at radius 2 is 1.27 bits per heavy atom. The van der Waals surface area contributed by atoms with Crippen molar-refractivity contribution in [1.29, 1.82) is 0 Å². The Hall–Kier alpha value is -5.64. The third-order valence-corrected chi connectivity index (χ3v) is 11.9. The van der Waals surface area contributed by atoms with E-state index in [0.717, 1.165) is 16.6 Å². The van der Waals surface area contributed by atoms with Crippen LogP contribution in [0.15, 0.2) is 144 Å². The summed E-state index contributed by atoms with van der Waals surface area (Å²) < 4.78 is 11.4. The molecule has 11 rings (SSSR count). The molecule has 3 heteroatoms. The molecule has 10 aromatic rings. The zero-order valence-electron chi connectivity index (χ0n) is 26.5. The minimum absolute atomic E-state index is 0.0737. The normalized spacial score (nSPS) is 13.8. The highest BCUT2D eigenvalue weighted by molar-refractivity contribution is 7.25. The second-order valence-electron chi connectivity index (χ2n) is 13.7. The molecule has 0 saturated heterocycles. The first-order chi connectivity index (χ1) is 23.6. The summed E-state index contributed by atoms with van der Waals surface area (Å²) in [6.45, 7) is 4.74. The first-order valence-electron chi connectivity index (χ1n) is 16.6. The van der Waals surface area contributed by atoms with Crippen molar-refractivity contribution in [3.63, 3.8) is 0 Å². The number of thiophene rings is 1. The van der Waals surface area contributed by atoms with Gasteiger partial charge in [-0.05, 0) is 88.0 Å². The molecule has 226 valence electrons. The zero-order valence-corrected chi connectivity index (χ0v) is 27.4. The second kappa shape index (κ2) is 9.25. The molecule has 0 unspecified atom stereocenters. The van der Waals surface area contributed by atoms with Gasteiger partial charge in [0.2, 0.25) is 0 Å². The van der Waals surface area contributed by atoms with Crippen LogP contribution >= 0.6 is 11.3 Å². The van der Waals surface area contributed by atoms with Crippen LogP contribution in [0.1, 0.15) is 25.0 Å². The molecule has 2 nitrogen and oxygen atoms in total. The summed E-state index contributed by atoms with van der Waals surface area (Å²) in [5.41, 5.74) is 13.4. The minimum Gasteiger partial charge on any atom is -0.456 e. The Labute approximate surface area is 281 Å². The van der Waals surface area contributed by atoms with Gasteiger partial charge in [-0.1, -0.05) is 98.8 Å². The van der Waals surface area contributed by atoms with Crippen molar-refractivity contribution < 1.29 is 4.42 Å². The number of aromatic nitrogens is 1. The van der Waals surface area contributed by atoms with Crippen LogP contribution in [0.25, 0.3) is 91.9 Å². The van der Waals surface area contributed by atoms with Crippen molar-refractivity contribution in [2.75, 3.05) is 0 Å². The summed E-state index contributed by atoms with van der Waals surface area (Å²) in [7, 11) is 0. The molecule has 3 heterocycles. The van der Waals surface area contributed by atoms with Crippen LogP contribution in [0.4, 0.5) is 0 Å². The number of para-hydroxylation sites is 2. The van der Waals surface area contributed by atoms with E-state index in [4.69, 9.17) is 4.42 Å². The predicted molar refractivity (Wildman–Crippen MR) is 204 cm³/mol. The van der Waals surface area contributed by atoms with Crippen LogP contribution in [0.2, 0.25) is 0 Å². The van der Waals surface area contributed by atoms with Gasteiger partial charge in [0.1, 0.15) is 11.2 Å². The lowest BCUT2D eigenvalue weighted by atomic mass is 9.82. The molecule has 48 heavy (non-hydrogen) atoms. The molecule has 0 atom stereocenters. The van der Waals surface area contributed by atoms with E-state index in [0.29, 0.717) is 0 Å². The van der Waals surface area contributed by atoms with Crippen LogP contribution in [0.5, 0.6) is 0 Å².